The number of aromatic nitrogens is 3. The van der Waals surface area contributed by atoms with E-state index in [0.29, 0.717) is 36.2 Å². The van der Waals surface area contributed by atoms with E-state index in [1.807, 2.05) is 37.3 Å². The zero-order valence-electron chi connectivity index (χ0n) is 16.6. The Kier molecular flexibility index (Phi) is 5.41. The molecule has 0 aliphatic heterocycles. The lowest BCUT2D eigenvalue weighted by molar-refractivity contribution is 0.304. The van der Waals surface area contributed by atoms with E-state index in [4.69, 9.17) is 9.47 Å². The average Bonchev–Trinajstić information content (AvgIpc) is 3.17. The second kappa shape index (κ2) is 8.16. The summed E-state index contributed by atoms with van der Waals surface area (Å²) in [5.41, 5.74) is 3.12. The van der Waals surface area contributed by atoms with Gasteiger partial charge in [-0.05, 0) is 55.0 Å². The third kappa shape index (κ3) is 4.28. The molecule has 0 fully saturated rings. The van der Waals surface area contributed by atoms with Crippen molar-refractivity contribution in [3.8, 4) is 22.9 Å². The molecule has 0 saturated carbocycles. The number of pyridine rings is 1. The van der Waals surface area contributed by atoms with Crippen LogP contribution in [0.25, 0.3) is 22.6 Å². The summed E-state index contributed by atoms with van der Waals surface area (Å²) in [4.78, 5) is 12.4. The number of H-pyrrole nitrogens is 1. The quantitative estimate of drug-likeness (QED) is 0.483. The molecule has 154 valence electrons. The maximum Gasteiger partial charge on any atom is 0.178 e. The van der Waals surface area contributed by atoms with E-state index in [1.165, 1.54) is 6.26 Å². The van der Waals surface area contributed by atoms with Crippen LogP contribution in [0.15, 0.2) is 65.7 Å². The van der Waals surface area contributed by atoms with Gasteiger partial charge in [0.25, 0.3) is 0 Å². The molecular formula is C22H21N3O4S. The Morgan fingerprint density at radius 3 is 2.53 bits per heavy atom. The second-order valence-electron chi connectivity index (χ2n) is 6.76. The predicted molar refractivity (Wildman–Crippen MR) is 114 cm³/mol. The molecule has 0 amide bonds. The Labute approximate surface area is 174 Å². The minimum absolute atomic E-state index is 0.285. The van der Waals surface area contributed by atoms with Crippen molar-refractivity contribution in [2.75, 3.05) is 12.9 Å². The molecule has 7 nitrogen and oxygen atoms in total. The Morgan fingerprint density at radius 1 is 1.03 bits per heavy atom. The number of imidazole rings is 1. The third-order valence-corrected chi connectivity index (χ3v) is 5.65. The fourth-order valence-corrected chi connectivity index (χ4v) is 3.67. The molecule has 0 spiro atoms. The van der Waals surface area contributed by atoms with Gasteiger partial charge < -0.3 is 14.5 Å². The molecular weight excluding hydrogens is 402 g/mol. The van der Waals surface area contributed by atoms with Gasteiger partial charge in [-0.15, -0.1) is 0 Å². The molecule has 0 atom stereocenters. The lowest BCUT2D eigenvalue weighted by Crippen LogP contribution is -2.00. The number of sulfone groups is 1. The number of benzene rings is 2. The van der Waals surface area contributed by atoms with E-state index in [9.17, 15) is 8.42 Å². The van der Waals surface area contributed by atoms with Crippen LogP contribution < -0.4 is 9.47 Å². The van der Waals surface area contributed by atoms with Crippen molar-refractivity contribution < 1.29 is 17.9 Å². The minimum Gasteiger partial charge on any atom is -0.493 e. The summed E-state index contributed by atoms with van der Waals surface area (Å²) < 4.78 is 34.9. The van der Waals surface area contributed by atoms with E-state index >= 15 is 0 Å². The SMILES string of the molecule is CCOc1ccc(OCc2ccc(S(C)(=O)=O)cc2)cc1-c1nc2ncccc2[nH]1. The Bertz CT molecular complexity index is 1250. The minimum atomic E-state index is -3.21. The van der Waals surface area contributed by atoms with Crippen molar-refractivity contribution >= 4 is 21.0 Å². The zero-order valence-corrected chi connectivity index (χ0v) is 17.4. The molecule has 2 aromatic carbocycles. The number of hydrogen-bond donors (Lipinski definition) is 1. The smallest absolute Gasteiger partial charge is 0.178 e. The van der Waals surface area contributed by atoms with Gasteiger partial charge in [-0.2, -0.15) is 0 Å². The third-order valence-electron chi connectivity index (χ3n) is 4.52. The monoisotopic (exact) mass is 423 g/mol. The summed E-state index contributed by atoms with van der Waals surface area (Å²) in [7, 11) is -3.21. The number of rotatable bonds is 7. The van der Waals surface area contributed by atoms with Crippen LogP contribution in [0.3, 0.4) is 0 Å². The number of hydrogen-bond acceptors (Lipinski definition) is 6. The highest BCUT2D eigenvalue weighted by molar-refractivity contribution is 7.90. The van der Waals surface area contributed by atoms with Crippen LogP contribution in [0.1, 0.15) is 12.5 Å². The largest absolute Gasteiger partial charge is 0.493 e. The molecule has 0 bridgehead atoms. The van der Waals surface area contributed by atoms with Gasteiger partial charge in [-0.25, -0.2) is 18.4 Å². The molecule has 0 aliphatic carbocycles. The standard InChI is InChI=1S/C22H21N3O4S/c1-3-28-20-11-8-16(29-14-15-6-9-17(10-7-15)30(2,26)27)13-18(20)21-24-19-5-4-12-23-22(19)25-21/h4-13H,3,14H2,1-2H3,(H,23,24,25). The van der Waals surface area contributed by atoms with Crippen molar-refractivity contribution in [3.63, 3.8) is 0 Å². The number of nitrogens with zero attached hydrogens (tertiary/aromatic N) is 2. The number of nitrogens with one attached hydrogen (secondary N) is 1. The van der Waals surface area contributed by atoms with Crippen molar-refractivity contribution in [3.05, 3.63) is 66.4 Å². The summed E-state index contributed by atoms with van der Waals surface area (Å²) in [6, 6.07) is 16.0. The van der Waals surface area contributed by atoms with Crippen LogP contribution in [0, 0.1) is 0 Å². The molecule has 0 saturated heterocycles. The summed E-state index contributed by atoms with van der Waals surface area (Å²) in [6.07, 6.45) is 2.89. The molecule has 2 heterocycles. The molecule has 2 aromatic heterocycles. The highest BCUT2D eigenvalue weighted by Gasteiger charge is 2.13. The van der Waals surface area contributed by atoms with Gasteiger partial charge in [-0.1, -0.05) is 12.1 Å². The number of aromatic amines is 1. The molecule has 4 aromatic rings. The van der Waals surface area contributed by atoms with Crippen molar-refractivity contribution in [2.24, 2.45) is 0 Å². The van der Waals surface area contributed by atoms with E-state index in [-0.39, 0.29) is 4.90 Å². The van der Waals surface area contributed by atoms with Crippen LogP contribution in [0.5, 0.6) is 11.5 Å². The fraction of sp³-hybridized carbons (Fsp3) is 0.182. The topological polar surface area (TPSA) is 94.2 Å². The molecule has 30 heavy (non-hydrogen) atoms. The van der Waals surface area contributed by atoms with Gasteiger partial charge in [0, 0.05) is 12.5 Å². The molecule has 0 unspecified atom stereocenters. The fourth-order valence-electron chi connectivity index (χ4n) is 3.04. The van der Waals surface area contributed by atoms with E-state index in [1.54, 1.807) is 30.5 Å². The molecule has 0 radical (unpaired) electrons. The predicted octanol–water partition coefficient (Wildman–Crippen LogP) is 4.01. The number of ether oxygens (including phenoxy) is 2. The van der Waals surface area contributed by atoms with E-state index in [2.05, 4.69) is 15.0 Å². The van der Waals surface area contributed by atoms with Gasteiger partial charge >= 0.3 is 0 Å². The van der Waals surface area contributed by atoms with Crippen LogP contribution in [-0.2, 0) is 16.4 Å². The molecule has 4 rings (SSSR count). The molecule has 0 aliphatic rings. The maximum atomic E-state index is 11.6. The first-order valence-electron chi connectivity index (χ1n) is 9.44. The van der Waals surface area contributed by atoms with Gasteiger partial charge in [0.2, 0.25) is 0 Å². The second-order valence-corrected chi connectivity index (χ2v) is 8.77. The summed E-state index contributed by atoms with van der Waals surface area (Å²) >= 11 is 0. The molecule has 1 N–H and O–H groups in total. The maximum absolute atomic E-state index is 11.6. The summed E-state index contributed by atoms with van der Waals surface area (Å²) in [6.45, 7) is 2.76. The van der Waals surface area contributed by atoms with Crippen LogP contribution in [-0.4, -0.2) is 36.2 Å². The van der Waals surface area contributed by atoms with E-state index in [0.717, 1.165) is 16.6 Å². The van der Waals surface area contributed by atoms with Gasteiger partial charge in [0.05, 0.1) is 22.6 Å². The lowest BCUT2D eigenvalue weighted by atomic mass is 10.1. The highest BCUT2D eigenvalue weighted by Crippen LogP contribution is 2.33. The Balaban J connectivity index is 1.59. The first-order chi connectivity index (χ1) is 14.4. The first kappa shape index (κ1) is 19.9. The van der Waals surface area contributed by atoms with Crippen molar-refractivity contribution in [1.82, 2.24) is 15.0 Å². The van der Waals surface area contributed by atoms with Crippen molar-refractivity contribution in [2.45, 2.75) is 18.4 Å². The Morgan fingerprint density at radius 2 is 1.83 bits per heavy atom. The summed E-state index contributed by atoms with van der Waals surface area (Å²) in [5.74, 6) is 1.99. The summed E-state index contributed by atoms with van der Waals surface area (Å²) in [5, 5.41) is 0. The first-order valence-corrected chi connectivity index (χ1v) is 11.3. The average molecular weight is 423 g/mol. The van der Waals surface area contributed by atoms with Crippen LogP contribution in [0.4, 0.5) is 0 Å². The lowest BCUT2D eigenvalue weighted by Gasteiger charge is -2.12. The number of fused-ring (bicyclic) bond motifs is 1. The molecule has 8 heteroatoms. The zero-order chi connectivity index (χ0) is 21.1. The van der Waals surface area contributed by atoms with Crippen LogP contribution in [0.2, 0.25) is 0 Å². The van der Waals surface area contributed by atoms with E-state index < -0.39 is 9.84 Å². The Hall–Kier alpha value is -3.39. The van der Waals surface area contributed by atoms with Crippen LogP contribution >= 0.6 is 0 Å². The van der Waals surface area contributed by atoms with Gasteiger partial charge in [-0.3, -0.25) is 0 Å². The highest BCUT2D eigenvalue weighted by atomic mass is 32.2. The normalized spacial score (nSPS) is 11.5. The van der Waals surface area contributed by atoms with Gasteiger partial charge in [0.15, 0.2) is 15.5 Å². The van der Waals surface area contributed by atoms with Gasteiger partial charge in [0.1, 0.15) is 23.9 Å². The van der Waals surface area contributed by atoms with Crippen molar-refractivity contribution in [1.29, 1.82) is 0 Å².